The molecule has 2 unspecified atom stereocenters. The van der Waals surface area contributed by atoms with Crippen LogP contribution >= 0.6 is 11.8 Å². The summed E-state index contributed by atoms with van der Waals surface area (Å²) in [6.45, 7) is 5.10. The summed E-state index contributed by atoms with van der Waals surface area (Å²) < 4.78 is 35.1. The van der Waals surface area contributed by atoms with Crippen LogP contribution in [0, 0.1) is 28.5 Å². The zero-order chi connectivity index (χ0) is 34.2. The first-order chi connectivity index (χ1) is 22.6. The van der Waals surface area contributed by atoms with Crippen molar-refractivity contribution >= 4 is 29.7 Å². The van der Waals surface area contributed by atoms with Crippen LogP contribution < -0.4 is 11.1 Å². The highest BCUT2D eigenvalue weighted by atomic mass is 32.2. The summed E-state index contributed by atoms with van der Waals surface area (Å²) in [6, 6.07) is 15.8. The molecule has 2 aromatic carbocycles. The van der Waals surface area contributed by atoms with Crippen LogP contribution in [-0.2, 0) is 28.5 Å². The van der Waals surface area contributed by atoms with E-state index >= 15 is 0 Å². The third-order valence-corrected chi connectivity index (χ3v) is 8.37. The van der Waals surface area contributed by atoms with Gasteiger partial charge in [0.2, 0.25) is 5.88 Å². The molecule has 2 atom stereocenters. The number of esters is 3. The average molecular weight is 659 g/mol. The number of ether oxygens (including phenoxy) is 4. The number of carbonyl (C=O) groups excluding carboxylic acids is 3. The molecule has 3 N–H and O–H groups in total. The topological polar surface area (TPSA) is 174 Å². The second-order valence-electron chi connectivity index (χ2n) is 10.1. The molecule has 11 nitrogen and oxygen atoms in total. The van der Waals surface area contributed by atoms with Gasteiger partial charge in [0.25, 0.3) is 0 Å². The molecule has 2 heterocycles. The standard InChI is InChI=1S/C34H31FN4O7S/c1-5-44-33(41)26-18(3)39-31(24(16-37)28(26)19-7-9-21(10-8-19)32(40)43-4)47-17-25-29(34(42)45-6-2)27(23(15-36)30(38)46-25)20-11-13-22(35)14-12-20/h7-14,27-28,39H,5-6,17,38H2,1-4H3. The molecule has 0 bridgehead atoms. The van der Waals surface area contributed by atoms with E-state index in [4.69, 9.17) is 24.7 Å². The number of nitriles is 2. The SMILES string of the molecule is CCOC(=O)C1=C(C)NC(SCC2=C(C(=O)OCC)C(c3ccc(F)cc3)C(C#N)=C(N)O2)=C(C#N)C1c1ccc(C(=O)OC)cc1. The number of benzene rings is 2. The molecule has 13 heteroatoms. The van der Waals surface area contributed by atoms with Gasteiger partial charge < -0.3 is 30.0 Å². The van der Waals surface area contributed by atoms with Crippen LogP contribution in [0.2, 0.25) is 0 Å². The number of nitrogens with zero attached hydrogens (tertiary/aromatic N) is 2. The second kappa shape index (κ2) is 15.2. The van der Waals surface area contributed by atoms with Crippen molar-refractivity contribution in [2.45, 2.75) is 32.6 Å². The molecule has 47 heavy (non-hydrogen) atoms. The van der Waals surface area contributed by atoms with Gasteiger partial charge in [-0.3, -0.25) is 0 Å². The fourth-order valence-electron chi connectivity index (χ4n) is 5.25. The maximum Gasteiger partial charge on any atom is 0.338 e. The largest absolute Gasteiger partial charge is 0.465 e. The minimum absolute atomic E-state index is 0.000973. The van der Waals surface area contributed by atoms with Crippen molar-refractivity contribution in [2.75, 3.05) is 26.1 Å². The Morgan fingerprint density at radius 2 is 1.43 bits per heavy atom. The predicted molar refractivity (Wildman–Crippen MR) is 169 cm³/mol. The summed E-state index contributed by atoms with van der Waals surface area (Å²) in [4.78, 5) is 38.6. The van der Waals surface area contributed by atoms with E-state index in [1.54, 1.807) is 32.9 Å². The fraction of sp³-hybridized carbons (Fsp3) is 0.265. The van der Waals surface area contributed by atoms with Gasteiger partial charge in [0, 0.05) is 5.70 Å². The Labute approximate surface area is 275 Å². The van der Waals surface area contributed by atoms with Crippen molar-refractivity contribution in [1.29, 1.82) is 10.5 Å². The molecule has 0 saturated carbocycles. The lowest BCUT2D eigenvalue weighted by Crippen LogP contribution is -2.30. The van der Waals surface area contributed by atoms with Gasteiger partial charge in [0.1, 0.15) is 23.2 Å². The minimum atomic E-state index is -1.01. The van der Waals surface area contributed by atoms with Crippen molar-refractivity contribution in [3.8, 4) is 12.1 Å². The number of halogens is 1. The van der Waals surface area contributed by atoms with Crippen LogP contribution in [0.5, 0.6) is 0 Å². The number of rotatable bonds is 10. The molecule has 0 amide bonds. The third-order valence-electron chi connectivity index (χ3n) is 7.35. The molecule has 0 spiro atoms. The molecule has 0 aliphatic carbocycles. The number of nitrogens with one attached hydrogen (secondary N) is 1. The average Bonchev–Trinajstić information content (AvgIpc) is 3.06. The first kappa shape index (κ1) is 34.3. The van der Waals surface area contributed by atoms with Gasteiger partial charge in [-0.2, -0.15) is 10.5 Å². The van der Waals surface area contributed by atoms with Crippen molar-refractivity contribution in [1.82, 2.24) is 5.32 Å². The summed E-state index contributed by atoms with van der Waals surface area (Å²) in [5.74, 6) is -4.54. The molecule has 0 aromatic heterocycles. The van der Waals surface area contributed by atoms with Crippen LogP contribution in [0.15, 0.2) is 93.2 Å². The highest BCUT2D eigenvalue weighted by Gasteiger charge is 2.39. The van der Waals surface area contributed by atoms with E-state index in [9.17, 15) is 29.3 Å². The first-order valence-electron chi connectivity index (χ1n) is 14.4. The third kappa shape index (κ3) is 7.16. The van der Waals surface area contributed by atoms with Crippen LogP contribution in [0.3, 0.4) is 0 Å². The van der Waals surface area contributed by atoms with Gasteiger partial charge in [-0.25, -0.2) is 18.8 Å². The summed E-state index contributed by atoms with van der Waals surface area (Å²) >= 11 is 1.10. The number of allylic oxidation sites excluding steroid dienone is 3. The van der Waals surface area contributed by atoms with Crippen molar-refractivity contribution < 1.29 is 37.7 Å². The Bertz CT molecular complexity index is 1800. The number of thioether (sulfide) groups is 1. The maximum atomic E-state index is 13.8. The summed E-state index contributed by atoms with van der Waals surface area (Å²) in [5, 5.41) is 23.9. The van der Waals surface area contributed by atoms with Gasteiger partial charge >= 0.3 is 17.9 Å². The Morgan fingerprint density at radius 3 is 1.96 bits per heavy atom. The van der Waals surface area contributed by atoms with E-state index in [0.29, 0.717) is 21.9 Å². The van der Waals surface area contributed by atoms with Crippen molar-refractivity contribution in [3.05, 3.63) is 116 Å². The summed E-state index contributed by atoms with van der Waals surface area (Å²) in [5.41, 5.74) is 8.17. The van der Waals surface area contributed by atoms with Crippen LogP contribution in [-0.4, -0.2) is 44.0 Å². The van der Waals surface area contributed by atoms with Gasteiger partial charge in [-0.15, -0.1) is 0 Å². The Morgan fingerprint density at radius 1 is 0.894 bits per heavy atom. The molecule has 0 radical (unpaired) electrons. The Hall–Kier alpha value is -5.53. The molecule has 2 aromatic rings. The minimum Gasteiger partial charge on any atom is -0.465 e. The molecule has 0 saturated heterocycles. The first-order valence-corrected chi connectivity index (χ1v) is 15.4. The molecular weight excluding hydrogens is 627 g/mol. The maximum absolute atomic E-state index is 13.8. The van der Waals surface area contributed by atoms with Gasteiger partial charge in [-0.05, 0) is 56.2 Å². The van der Waals surface area contributed by atoms with E-state index in [-0.39, 0.29) is 58.5 Å². The number of hydrogen-bond acceptors (Lipinski definition) is 12. The lowest BCUT2D eigenvalue weighted by Gasteiger charge is -2.31. The molecule has 0 fully saturated rings. The zero-order valence-corrected chi connectivity index (χ0v) is 26.8. The lowest BCUT2D eigenvalue weighted by molar-refractivity contribution is -0.139. The zero-order valence-electron chi connectivity index (χ0n) is 26.0. The number of hydrogen-bond donors (Lipinski definition) is 2. The van der Waals surface area contributed by atoms with E-state index in [2.05, 4.69) is 11.4 Å². The van der Waals surface area contributed by atoms with E-state index in [0.717, 1.165) is 11.8 Å². The quantitative estimate of drug-likeness (QED) is 0.261. The number of methoxy groups -OCH3 is 1. The van der Waals surface area contributed by atoms with Crippen LogP contribution in [0.25, 0.3) is 0 Å². The van der Waals surface area contributed by atoms with Gasteiger partial charge in [0.05, 0.1) is 71.3 Å². The number of carbonyl (C=O) groups is 3. The van der Waals surface area contributed by atoms with E-state index < -0.39 is 35.6 Å². The Kier molecular flexibility index (Phi) is 11.1. The molecule has 2 aliphatic rings. The lowest BCUT2D eigenvalue weighted by atomic mass is 9.82. The molecule has 2 aliphatic heterocycles. The van der Waals surface area contributed by atoms with Gasteiger partial charge in [-0.1, -0.05) is 36.0 Å². The molecular formula is C34H31FN4O7S. The number of dihydropyridines is 1. The summed E-state index contributed by atoms with van der Waals surface area (Å²) in [7, 11) is 1.26. The van der Waals surface area contributed by atoms with Crippen LogP contribution in [0.1, 0.15) is 54.1 Å². The highest BCUT2D eigenvalue weighted by molar-refractivity contribution is 8.03. The van der Waals surface area contributed by atoms with E-state index in [1.165, 1.54) is 43.5 Å². The van der Waals surface area contributed by atoms with E-state index in [1.807, 2.05) is 6.07 Å². The molecule has 242 valence electrons. The van der Waals surface area contributed by atoms with Gasteiger partial charge in [0.15, 0.2) is 0 Å². The smallest absolute Gasteiger partial charge is 0.338 e. The molecule has 4 rings (SSSR count). The monoisotopic (exact) mass is 658 g/mol. The van der Waals surface area contributed by atoms with Crippen molar-refractivity contribution in [2.24, 2.45) is 5.73 Å². The normalized spacial score (nSPS) is 17.7. The number of nitrogens with two attached hydrogens (primary N) is 1. The summed E-state index contributed by atoms with van der Waals surface area (Å²) in [6.07, 6.45) is 0. The van der Waals surface area contributed by atoms with Crippen LogP contribution in [0.4, 0.5) is 4.39 Å². The second-order valence-corrected chi connectivity index (χ2v) is 11.1. The Balaban J connectivity index is 1.81. The predicted octanol–water partition coefficient (Wildman–Crippen LogP) is 4.93. The van der Waals surface area contributed by atoms with Crippen molar-refractivity contribution in [3.63, 3.8) is 0 Å². The fourth-order valence-corrected chi connectivity index (χ4v) is 6.29. The highest BCUT2D eigenvalue weighted by Crippen LogP contribution is 2.44.